The molecule has 2 heterocycles. The summed E-state index contributed by atoms with van der Waals surface area (Å²) in [5, 5.41) is 11.0. The number of benzene rings is 2. The van der Waals surface area contributed by atoms with Crippen LogP contribution in [0, 0.1) is 0 Å². The number of rotatable bonds is 4. The Bertz CT molecular complexity index is 998. The quantitative estimate of drug-likeness (QED) is 0.743. The van der Waals surface area contributed by atoms with E-state index < -0.39 is 17.8 Å². The van der Waals surface area contributed by atoms with Gasteiger partial charge >= 0.3 is 6.18 Å². The minimum Gasteiger partial charge on any atom is -0.350 e. The first kappa shape index (κ1) is 18.2. The maximum Gasteiger partial charge on any atom is 0.416 e. The molecule has 0 radical (unpaired) electrons. The van der Waals surface area contributed by atoms with Crippen LogP contribution in [0.4, 0.5) is 13.2 Å². The van der Waals surface area contributed by atoms with E-state index in [2.05, 4.69) is 15.5 Å². The molecule has 1 aliphatic rings. The van der Waals surface area contributed by atoms with Crippen LogP contribution in [0.1, 0.15) is 29.4 Å². The summed E-state index contributed by atoms with van der Waals surface area (Å²) in [4.78, 5) is 12.7. The molecular formula is C20H17F3N4O. The first-order valence-electron chi connectivity index (χ1n) is 8.86. The third-order valence-electron chi connectivity index (χ3n) is 4.78. The number of carbonyl (C=O) groups excluding carboxylic acids is 1. The number of aromatic nitrogens is 3. The highest BCUT2D eigenvalue weighted by Crippen LogP contribution is 2.35. The number of hydrogen-bond acceptors (Lipinski definition) is 3. The third-order valence-corrected chi connectivity index (χ3v) is 4.78. The van der Waals surface area contributed by atoms with E-state index >= 15 is 0 Å². The van der Waals surface area contributed by atoms with Crippen molar-refractivity contribution in [3.63, 3.8) is 0 Å². The molecule has 2 aromatic carbocycles. The zero-order chi connectivity index (χ0) is 19.7. The molecule has 1 N–H and O–H groups in total. The lowest BCUT2D eigenvalue weighted by Crippen LogP contribution is -2.31. The van der Waals surface area contributed by atoms with Crippen molar-refractivity contribution < 1.29 is 18.0 Å². The molecule has 0 saturated carbocycles. The fraction of sp³-hybridized carbons (Fsp3) is 0.250. The zero-order valence-corrected chi connectivity index (χ0v) is 14.8. The molecule has 0 fully saturated rings. The van der Waals surface area contributed by atoms with Gasteiger partial charge in [-0.05, 0) is 24.1 Å². The summed E-state index contributed by atoms with van der Waals surface area (Å²) in [7, 11) is 0. The highest BCUT2D eigenvalue weighted by Gasteiger charge is 2.34. The standard InChI is InChI=1S/C20H17F3N4O/c21-20(22,23)15-8-4-7-14(11-15)18-26-25-17-10-9-16(27(17)18)19(28)24-12-13-5-2-1-3-6-13/h1-8,11,16H,9-10,12H2,(H,24,28). The number of fused-ring (bicyclic) bond motifs is 1. The van der Waals surface area contributed by atoms with Gasteiger partial charge in [-0.2, -0.15) is 13.2 Å². The lowest BCUT2D eigenvalue weighted by atomic mass is 10.1. The maximum absolute atomic E-state index is 13.0. The normalized spacial score (nSPS) is 16.0. The van der Waals surface area contributed by atoms with Gasteiger partial charge in [-0.15, -0.1) is 10.2 Å². The molecule has 8 heteroatoms. The van der Waals surface area contributed by atoms with Gasteiger partial charge in [0.1, 0.15) is 11.9 Å². The summed E-state index contributed by atoms with van der Waals surface area (Å²) in [6.07, 6.45) is -3.36. The van der Waals surface area contributed by atoms with Crippen molar-refractivity contribution in [1.29, 1.82) is 0 Å². The van der Waals surface area contributed by atoms with E-state index in [1.165, 1.54) is 6.07 Å². The van der Waals surface area contributed by atoms with Crippen LogP contribution in [0.25, 0.3) is 11.4 Å². The van der Waals surface area contributed by atoms with Crippen molar-refractivity contribution in [2.75, 3.05) is 0 Å². The molecule has 0 saturated heterocycles. The lowest BCUT2D eigenvalue weighted by molar-refractivity contribution is -0.137. The Morgan fingerprint density at radius 3 is 2.64 bits per heavy atom. The van der Waals surface area contributed by atoms with E-state index in [4.69, 9.17) is 0 Å². The molecule has 0 bridgehead atoms. The van der Waals surface area contributed by atoms with Crippen molar-refractivity contribution in [3.8, 4) is 11.4 Å². The van der Waals surface area contributed by atoms with Crippen molar-refractivity contribution in [3.05, 3.63) is 71.5 Å². The van der Waals surface area contributed by atoms with Crippen LogP contribution >= 0.6 is 0 Å². The molecule has 1 aliphatic heterocycles. The Labute approximate surface area is 159 Å². The van der Waals surface area contributed by atoms with Gasteiger partial charge in [0.25, 0.3) is 0 Å². The van der Waals surface area contributed by atoms with Gasteiger partial charge in [-0.25, -0.2) is 0 Å². The summed E-state index contributed by atoms with van der Waals surface area (Å²) < 4.78 is 40.8. The molecular weight excluding hydrogens is 369 g/mol. The summed E-state index contributed by atoms with van der Waals surface area (Å²) in [5.41, 5.74) is 0.498. The van der Waals surface area contributed by atoms with E-state index in [-0.39, 0.29) is 17.3 Å². The molecule has 1 aromatic heterocycles. The van der Waals surface area contributed by atoms with E-state index in [1.807, 2.05) is 30.3 Å². The summed E-state index contributed by atoms with van der Waals surface area (Å²) in [5.74, 6) is 0.682. The number of nitrogens with one attached hydrogen (secondary N) is 1. The highest BCUT2D eigenvalue weighted by molar-refractivity contribution is 5.81. The van der Waals surface area contributed by atoms with Gasteiger partial charge in [0.15, 0.2) is 5.82 Å². The van der Waals surface area contributed by atoms with Crippen LogP contribution in [0.2, 0.25) is 0 Å². The van der Waals surface area contributed by atoms with Crippen LogP contribution in [-0.2, 0) is 23.9 Å². The van der Waals surface area contributed by atoms with Gasteiger partial charge in [0.05, 0.1) is 5.56 Å². The Kier molecular flexibility index (Phi) is 4.62. The number of amides is 1. The Morgan fingerprint density at radius 2 is 1.89 bits per heavy atom. The second kappa shape index (κ2) is 7.10. The average Bonchev–Trinajstić information content (AvgIpc) is 3.28. The number of nitrogens with zero attached hydrogens (tertiary/aromatic N) is 3. The van der Waals surface area contributed by atoms with Crippen LogP contribution in [-0.4, -0.2) is 20.7 Å². The van der Waals surface area contributed by atoms with Gasteiger partial charge in [-0.3, -0.25) is 9.36 Å². The van der Waals surface area contributed by atoms with Crippen molar-refractivity contribution in [2.45, 2.75) is 31.6 Å². The minimum absolute atomic E-state index is 0.198. The summed E-state index contributed by atoms with van der Waals surface area (Å²) in [6, 6.07) is 13.9. The monoisotopic (exact) mass is 386 g/mol. The molecule has 28 heavy (non-hydrogen) atoms. The second-order valence-corrected chi connectivity index (χ2v) is 6.65. The van der Waals surface area contributed by atoms with E-state index in [0.29, 0.717) is 25.2 Å². The fourth-order valence-electron chi connectivity index (χ4n) is 3.40. The fourth-order valence-corrected chi connectivity index (χ4v) is 3.40. The smallest absolute Gasteiger partial charge is 0.350 e. The molecule has 3 aromatic rings. The second-order valence-electron chi connectivity index (χ2n) is 6.65. The molecule has 4 rings (SSSR count). The number of hydrogen-bond donors (Lipinski definition) is 1. The third kappa shape index (κ3) is 3.49. The van der Waals surface area contributed by atoms with Crippen molar-refractivity contribution >= 4 is 5.91 Å². The molecule has 0 spiro atoms. The molecule has 1 atom stereocenters. The van der Waals surface area contributed by atoms with Crippen LogP contribution < -0.4 is 5.32 Å². The molecule has 0 aliphatic carbocycles. The molecule has 1 amide bonds. The summed E-state index contributed by atoms with van der Waals surface area (Å²) >= 11 is 0. The van der Waals surface area contributed by atoms with Gasteiger partial charge in [0.2, 0.25) is 5.91 Å². The lowest BCUT2D eigenvalue weighted by Gasteiger charge is -2.16. The molecule has 144 valence electrons. The SMILES string of the molecule is O=C(NCc1ccccc1)C1CCc2nnc(-c3cccc(C(F)(F)F)c3)n21. The van der Waals surface area contributed by atoms with Crippen molar-refractivity contribution in [2.24, 2.45) is 0 Å². The van der Waals surface area contributed by atoms with Gasteiger partial charge < -0.3 is 5.32 Å². The predicted molar refractivity (Wildman–Crippen MR) is 96.1 cm³/mol. The van der Waals surface area contributed by atoms with Crippen molar-refractivity contribution in [1.82, 2.24) is 20.1 Å². The van der Waals surface area contributed by atoms with Crippen LogP contribution in [0.3, 0.4) is 0 Å². The first-order valence-corrected chi connectivity index (χ1v) is 8.86. The van der Waals surface area contributed by atoms with E-state index in [0.717, 1.165) is 17.7 Å². The topological polar surface area (TPSA) is 59.8 Å². The predicted octanol–water partition coefficient (Wildman–Crippen LogP) is 3.77. The van der Waals surface area contributed by atoms with E-state index in [9.17, 15) is 18.0 Å². The Morgan fingerprint density at radius 1 is 1.11 bits per heavy atom. The Balaban J connectivity index is 1.59. The van der Waals surface area contributed by atoms with E-state index in [1.54, 1.807) is 10.6 Å². The summed E-state index contributed by atoms with van der Waals surface area (Å²) in [6.45, 7) is 0.381. The Hall–Kier alpha value is -3.16. The number of aryl methyl sites for hydroxylation is 1. The number of carbonyl (C=O) groups is 1. The minimum atomic E-state index is -4.45. The highest BCUT2D eigenvalue weighted by atomic mass is 19.4. The van der Waals surface area contributed by atoms with Crippen LogP contribution in [0.5, 0.6) is 0 Å². The molecule has 1 unspecified atom stereocenters. The zero-order valence-electron chi connectivity index (χ0n) is 14.8. The first-order chi connectivity index (χ1) is 13.4. The maximum atomic E-state index is 13.0. The number of halogens is 3. The van der Waals surface area contributed by atoms with Crippen LogP contribution in [0.15, 0.2) is 54.6 Å². The van der Waals surface area contributed by atoms with Gasteiger partial charge in [0, 0.05) is 18.5 Å². The van der Waals surface area contributed by atoms with Gasteiger partial charge in [-0.1, -0.05) is 42.5 Å². The largest absolute Gasteiger partial charge is 0.416 e. The molecule has 5 nitrogen and oxygen atoms in total. The average molecular weight is 386 g/mol. The number of alkyl halides is 3.